The average molecular weight is 233 g/mol. The van der Waals surface area contributed by atoms with Crippen molar-refractivity contribution in [1.82, 2.24) is 9.97 Å². The quantitative estimate of drug-likeness (QED) is 0.856. The van der Waals surface area contributed by atoms with Gasteiger partial charge in [0.15, 0.2) is 0 Å². The lowest BCUT2D eigenvalue weighted by atomic mass is 10.1. The van der Waals surface area contributed by atoms with Crippen molar-refractivity contribution in [2.75, 3.05) is 11.9 Å². The number of rotatable bonds is 4. The average Bonchev–Trinajstić information content (AvgIpc) is 3.19. The maximum atomic E-state index is 11.1. The first-order chi connectivity index (χ1) is 8.16. The highest BCUT2D eigenvalue weighted by molar-refractivity contribution is 5.89. The lowest BCUT2D eigenvalue weighted by Gasteiger charge is -2.17. The van der Waals surface area contributed by atoms with E-state index < -0.39 is 5.97 Å². The summed E-state index contributed by atoms with van der Waals surface area (Å²) in [5.74, 6) is 0.0716. The first kappa shape index (κ1) is 10.5. The predicted octanol–water partition coefficient (Wildman–Crippen LogP) is 1.65. The van der Waals surface area contributed by atoms with Crippen LogP contribution >= 0.6 is 0 Å². The van der Waals surface area contributed by atoms with Crippen LogP contribution in [-0.2, 0) is 0 Å². The fourth-order valence-corrected chi connectivity index (χ4v) is 2.01. The number of carboxylic acid groups (broad SMARTS) is 1. The Bertz CT molecular complexity index is 467. The van der Waals surface area contributed by atoms with Gasteiger partial charge in [0.05, 0.1) is 11.3 Å². The standard InChI is InChI=1S/C12H15N3O2/c1-15(8-4-5-8)12-13-6-9(11(16)17)10(14-12)7-2-3-7/h6-8H,2-5H2,1H3,(H,16,17). The molecule has 0 bridgehead atoms. The second-order valence-electron chi connectivity index (χ2n) is 4.89. The Morgan fingerprint density at radius 3 is 2.65 bits per heavy atom. The van der Waals surface area contributed by atoms with Gasteiger partial charge in [0.1, 0.15) is 0 Å². The monoisotopic (exact) mass is 233 g/mol. The van der Waals surface area contributed by atoms with Gasteiger partial charge < -0.3 is 10.0 Å². The van der Waals surface area contributed by atoms with Crippen molar-refractivity contribution in [3.05, 3.63) is 17.5 Å². The molecule has 5 nitrogen and oxygen atoms in total. The Morgan fingerprint density at radius 2 is 2.12 bits per heavy atom. The van der Waals surface area contributed by atoms with Crippen molar-refractivity contribution in [1.29, 1.82) is 0 Å². The number of anilines is 1. The lowest BCUT2D eigenvalue weighted by Crippen LogP contribution is -2.23. The molecule has 1 aromatic heterocycles. The van der Waals surface area contributed by atoms with Crippen molar-refractivity contribution in [2.45, 2.75) is 37.6 Å². The molecule has 2 fully saturated rings. The third-order valence-corrected chi connectivity index (χ3v) is 3.41. The zero-order chi connectivity index (χ0) is 12.0. The molecule has 0 spiro atoms. The molecule has 3 rings (SSSR count). The zero-order valence-electron chi connectivity index (χ0n) is 9.76. The molecule has 1 N–H and O–H groups in total. The summed E-state index contributed by atoms with van der Waals surface area (Å²) in [6, 6.07) is 0.540. The molecular weight excluding hydrogens is 218 g/mol. The molecule has 0 aliphatic heterocycles. The number of carboxylic acids is 1. The van der Waals surface area contributed by atoms with E-state index in [0.717, 1.165) is 18.5 Å². The van der Waals surface area contributed by atoms with Crippen molar-refractivity contribution >= 4 is 11.9 Å². The minimum atomic E-state index is -0.924. The molecule has 2 saturated carbocycles. The summed E-state index contributed by atoms with van der Waals surface area (Å²) in [6.07, 6.45) is 5.91. The molecule has 0 radical (unpaired) electrons. The van der Waals surface area contributed by atoms with E-state index in [2.05, 4.69) is 14.9 Å². The van der Waals surface area contributed by atoms with E-state index >= 15 is 0 Å². The highest BCUT2D eigenvalue weighted by Crippen LogP contribution is 2.41. The summed E-state index contributed by atoms with van der Waals surface area (Å²) >= 11 is 0. The molecule has 0 atom stereocenters. The second kappa shape index (κ2) is 3.68. The van der Waals surface area contributed by atoms with Gasteiger partial charge in [-0.15, -0.1) is 0 Å². The largest absolute Gasteiger partial charge is 0.478 e. The Morgan fingerprint density at radius 1 is 1.41 bits per heavy atom. The summed E-state index contributed by atoms with van der Waals surface area (Å²) in [5.41, 5.74) is 0.982. The molecule has 90 valence electrons. The normalized spacial score (nSPS) is 19.1. The molecule has 0 saturated heterocycles. The lowest BCUT2D eigenvalue weighted by molar-refractivity contribution is 0.0694. The van der Waals surface area contributed by atoms with Crippen molar-refractivity contribution in [3.8, 4) is 0 Å². The van der Waals surface area contributed by atoms with Gasteiger partial charge >= 0.3 is 5.97 Å². The minimum Gasteiger partial charge on any atom is -0.478 e. The van der Waals surface area contributed by atoms with E-state index in [0.29, 0.717) is 17.9 Å². The summed E-state index contributed by atoms with van der Waals surface area (Å²) < 4.78 is 0. The van der Waals surface area contributed by atoms with E-state index in [1.807, 2.05) is 7.05 Å². The van der Waals surface area contributed by atoms with Gasteiger partial charge in [0, 0.05) is 25.2 Å². The number of aromatic carboxylic acids is 1. The van der Waals surface area contributed by atoms with E-state index in [9.17, 15) is 4.79 Å². The summed E-state index contributed by atoms with van der Waals surface area (Å²) in [7, 11) is 1.98. The predicted molar refractivity (Wildman–Crippen MR) is 62.4 cm³/mol. The van der Waals surface area contributed by atoms with Gasteiger partial charge in [0.2, 0.25) is 5.95 Å². The molecule has 5 heteroatoms. The summed E-state index contributed by atoms with van der Waals surface area (Å²) in [5, 5.41) is 9.10. The molecule has 17 heavy (non-hydrogen) atoms. The first-order valence-electron chi connectivity index (χ1n) is 6.00. The zero-order valence-corrected chi connectivity index (χ0v) is 9.76. The first-order valence-corrected chi connectivity index (χ1v) is 6.00. The fraction of sp³-hybridized carbons (Fsp3) is 0.583. The maximum absolute atomic E-state index is 11.1. The van der Waals surface area contributed by atoms with Crippen LogP contribution in [0.2, 0.25) is 0 Å². The van der Waals surface area contributed by atoms with Crippen LogP contribution in [0.1, 0.15) is 47.7 Å². The van der Waals surface area contributed by atoms with Crippen LogP contribution in [0.25, 0.3) is 0 Å². The summed E-state index contributed by atoms with van der Waals surface area (Å²) in [6.45, 7) is 0. The number of nitrogens with zero attached hydrogens (tertiary/aromatic N) is 3. The molecule has 1 heterocycles. The van der Waals surface area contributed by atoms with E-state index in [1.54, 1.807) is 0 Å². The van der Waals surface area contributed by atoms with Gasteiger partial charge in [-0.2, -0.15) is 0 Å². The number of aromatic nitrogens is 2. The Balaban J connectivity index is 1.96. The van der Waals surface area contributed by atoms with Crippen LogP contribution in [0.3, 0.4) is 0 Å². The van der Waals surface area contributed by atoms with Crippen LogP contribution in [0.5, 0.6) is 0 Å². The molecule has 0 aromatic carbocycles. The van der Waals surface area contributed by atoms with E-state index in [4.69, 9.17) is 5.11 Å². The van der Waals surface area contributed by atoms with Gasteiger partial charge in [0.25, 0.3) is 0 Å². The van der Waals surface area contributed by atoms with Crippen molar-refractivity contribution < 1.29 is 9.90 Å². The highest BCUT2D eigenvalue weighted by atomic mass is 16.4. The van der Waals surface area contributed by atoms with Crippen LogP contribution in [0.4, 0.5) is 5.95 Å². The number of hydrogen-bond donors (Lipinski definition) is 1. The summed E-state index contributed by atoms with van der Waals surface area (Å²) in [4.78, 5) is 21.8. The molecule has 0 unspecified atom stereocenters. The Kier molecular flexibility index (Phi) is 2.28. The minimum absolute atomic E-state index is 0.264. The van der Waals surface area contributed by atoms with Crippen LogP contribution in [0.15, 0.2) is 6.20 Å². The third-order valence-electron chi connectivity index (χ3n) is 3.41. The topological polar surface area (TPSA) is 66.3 Å². The maximum Gasteiger partial charge on any atom is 0.339 e. The second-order valence-corrected chi connectivity index (χ2v) is 4.89. The molecule has 1 aromatic rings. The highest BCUT2D eigenvalue weighted by Gasteiger charge is 2.33. The van der Waals surface area contributed by atoms with Crippen LogP contribution < -0.4 is 4.90 Å². The van der Waals surface area contributed by atoms with E-state index in [1.165, 1.54) is 19.0 Å². The number of hydrogen-bond acceptors (Lipinski definition) is 4. The SMILES string of the molecule is CN(c1ncc(C(=O)O)c(C2CC2)n1)C1CC1. The van der Waals surface area contributed by atoms with Crippen molar-refractivity contribution in [2.24, 2.45) is 0 Å². The Labute approximate surface area is 99.5 Å². The molecular formula is C12H15N3O2. The van der Waals surface area contributed by atoms with Crippen LogP contribution in [0, 0.1) is 0 Å². The number of carbonyl (C=O) groups is 1. The van der Waals surface area contributed by atoms with Crippen LogP contribution in [-0.4, -0.2) is 34.1 Å². The fourth-order valence-electron chi connectivity index (χ4n) is 2.01. The van der Waals surface area contributed by atoms with Gasteiger partial charge in [-0.25, -0.2) is 14.8 Å². The van der Waals surface area contributed by atoms with Gasteiger partial charge in [-0.1, -0.05) is 0 Å². The Hall–Kier alpha value is -1.65. The molecule has 2 aliphatic rings. The van der Waals surface area contributed by atoms with Crippen molar-refractivity contribution in [3.63, 3.8) is 0 Å². The molecule has 2 aliphatic carbocycles. The van der Waals surface area contributed by atoms with Gasteiger partial charge in [-0.05, 0) is 25.7 Å². The molecule has 0 amide bonds. The smallest absolute Gasteiger partial charge is 0.339 e. The van der Waals surface area contributed by atoms with Gasteiger partial charge in [-0.3, -0.25) is 0 Å². The van der Waals surface area contributed by atoms with E-state index in [-0.39, 0.29) is 5.56 Å². The third kappa shape index (κ3) is 1.97.